The number of halogens is 1. The standard InChI is InChI=1S/C24H24ClNO4/c1-3-27-22-10-18(13-26-19-8-9-21-23(11-19)30-15-29-21)20(25)12-24(22)28-14-17-6-4-16(2)5-7-17/h4-12,26H,3,13-15H2,1-2H3. The second kappa shape index (κ2) is 9.18. The first kappa shape index (κ1) is 20.2. The Hall–Kier alpha value is -3.05. The molecule has 0 unspecified atom stereocenters. The molecule has 4 rings (SSSR count). The maximum Gasteiger partial charge on any atom is 0.231 e. The average Bonchev–Trinajstić information content (AvgIpc) is 3.22. The molecule has 3 aromatic carbocycles. The Morgan fingerprint density at radius 2 is 1.70 bits per heavy atom. The van der Waals surface area contributed by atoms with Crippen LogP contribution in [0.4, 0.5) is 5.69 Å². The van der Waals surface area contributed by atoms with Crippen molar-refractivity contribution in [3.63, 3.8) is 0 Å². The maximum absolute atomic E-state index is 6.54. The molecule has 0 amide bonds. The number of hydrogen-bond acceptors (Lipinski definition) is 5. The Morgan fingerprint density at radius 1 is 0.933 bits per heavy atom. The fourth-order valence-electron chi connectivity index (χ4n) is 3.14. The molecule has 1 heterocycles. The van der Waals surface area contributed by atoms with E-state index in [1.807, 2.05) is 37.3 Å². The summed E-state index contributed by atoms with van der Waals surface area (Å²) in [6.07, 6.45) is 0. The van der Waals surface area contributed by atoms with Crippen LogP contribution in [0, 0.1) is 6.92 Å². The van der Waals surface area contributed by atoms with Gasteiger partial charge in [0.15, 0.2) is 23.0 Å². The Kier molecular flexibility index (Phi) is 6.19. The average molecular weight is 426 g/mol. The summed E-state index contributed by atoms with van der Waals surface area (Å²) in [5.74, 6) is 2.80. The number of rotatable bonds is 8. The van der Waals surface area contributed by atoms with E-state index >= 15 is 0 Å². The summed E-state index contributed by atoms with van der Waals surface area (Å²) in [5, 5.41) is 3.98. The normalized spacial score (nSPS) is 12.0. The second-order valence-corrected chi connectivity index (χ2v) is 7.43. The van der Waals surface area contributed by atoms with E-state index < -0.39 is 0 Å². The van der Waals surface area contributed by atoms with E-state index in [4.69, 9.17) is 30.5 Å². The van der Waals surface area contributed by atoms with Crippen molar-refractivity contribution in [2.45, 2.75) is 27.0 Å². The van der Waals surface area contributed by atoms with Crippen LogP contribution in [-0.2, 0) is 13.2 Å². The highest BCUT2D eigenvalue weighted by Gasteiger charge is 2.15. The van der Waals surface area contributed by atoms with Crippen molar-refractivity contribution in [2.24, 2.45) is 0 Å². The Morgan fingerprint density at radius 3 is 2.50 bits per heavy atom. The van der Waals surface area contributed by atoms with Crippen LogP contribution < -0.4 is 24.3 Å². The van der Waals surface area contributed by atoms with Gasteiger partial charge in [0.05, 0.1) is 6.61 Å². The molecule has 30 heavy (non-hydrogen) atoms. The van der Waals surface area contributed by atoms with Crippen LogP contribution in [0.5, 0.6) is 23.0 Å². The van der Waals surface area contributed by atoms with Crippen molar-refractivity contribution < 1.29 is 18.9 Å². The highest BCUT2D eigenvalue weighted by atomic mass is 35.5. The van der Waals surface area contributed by atoms with Gasteiger partial charge >= 0.3 is 0 Å². The summed E-state index contributed by atoms with van der Waals surface area (Å²) in [6.45, 7) is 5.79. The molecule has 0 aliphatic carbocycles. The van der Waals surface area contributed by atoms with E-state index in [1.165, 1.54) is 5.56 Å². The van der Waals surface area contributed by atoms with Gasteiger partial charge < -0.3 is 24.3 Å². The zero-order chi connectivity index (χ0) is 20.9. The van der Waals surface area contributed by atoms with Crippen LogP contribution in [0.3, 0.4) is 0 Å². The van der Waals surface area contributed by atoms with Gasteiger partial charge in [-0.05, 0) is 43.2 Å². The topological polar surface area (TPSA) is 49.0 Å². The van der Waals surface area contributed by atoms with Gasteiger partial charge in [-0.1, -0.05) is 41.4 Å². The smallest absolute Gasteiger partial charge is 0.231 e. The summed E-state index contributed by atoms with van der Waals surface area (Å²) in [6, 6.07) is 17.7. The summed E-state index contributed by atoms with van der Waals surface area (Å²) < 4.78 is 22.6. The second-order valence-electron chi connectivity index (χ2n) is 7.02. The zero-order valence-electron chi connectivity index (χ0n) is 17.0. The van der Waals surface area contributed by atoms with E-state index in [2.05, 4.69) is 36.5 Å². The summed E-state index contributed by atoms with van der Waals surface area (Å²) in [4.78, 5) is 0. The van der Waals surface area contributed by atoms with Crippen molar-refractivity contribution in [1.82, 2.24) is 0 Å². The molecule has 0 saturated carbocycles. The molecule has 1 N–H and O–H groups in total. The van der Waals surface area contributed by atoms with Gasteiger partial charge in [0.1, 0.15) is 6.61 Å². The van der Waals surface area contributed by atoms with Crippen molar-refractivity contribution in [1.29, 1.82) is 0 Å². The lowest BCUT2D eigenvalue weighted by Gasteiger charge is -2.16. The lowest BCUT2D eigenvalue weighted by Crippen LogP contribution is -2.04. The molecule has 5 nitrogen and oxygen atoms in total. The number of hydrogen-bond donors (Lipinski definition) is 1. The molecule has 0 aromatic heterocycles. The summed E-state index contributed by atoms with van der Waals surface area (Å²) in [7, 11) is 0. The predicted octanol–water partition coefficient (Wildman–Crippen LogP) is 5.97. The van der Waals surface area contributed by atoms with Crippen LogP contribution in [0.2, 0.25) is 5.02 Å². The van der Waals surface area contributed by atoms with E-state index in [9.17, 15) is 0 Å². The monoisotopic (exact) mass is 425 g/mol. The fourth-order valence-corrected chi connectivity index (χ4v) is 3.36. The molecule has 1 aliphatic heterocycles. The minimum absolute atomic E-state index is 0.256. The molecule has 0 spiro atoms. The van der Waals surface area contributed by atoms with Gasteiger partial charge in [-0.3, -0.25) is 0 Å². The first-order chi connectivity index (χ1) is 14.6. The lowest BCUT2D eigenvalue weighted by molar-refractivity contribution is 0.174. The van der Waals surface area contributed by atoms with Crippen LogP contribution in [0.15, 0.2) is 54.6 Å². The molecule has 0 bridgehead atoms. The highest BCUT2D eigenvalue weighted by molar-refractivity contribution is 6.31. The van der Waals surface area contributed by atoms with Crippen molar-refractivity contribution >= 4 is 17.3 Å². The third-order valence-electron chi connectivity index (χ3n) is 4.78. The van der Waals surface area contributed by atoms with Gasteiger partial charge in [0, 0.05) is 29.4 Å². The largest absolute Gasteiger partial charge is 0.490 e. The third kappa shape index (κ3) is 4.74. The molecular weight excluding hydrogens is 402 g/mol. The van der Waals surface area contributed by atoms with E-state index in [0.717, 1.165) is 28.3 Å². The lowest BCUT2D eigenvalue weighted by atomic mass is 10.1. The molecule has 6 heteroatoms. The number of aryl methyl sites for hydroxylation is 1. The molecule has 3 aromatic rings. The van der Waals surface area contributed by atoms with E-state index in [1.54, 1.807) is 0 Å². The first-order valence-electron chi connectivity index (χ1n) is 9.89. The van der Waals surface area contributed by atoms with Crippen molar-refractivity contribution in [3.8, 4) is 23.0 Å². The summed E-state index contributed by atoms with van der Waals surface area (Å²) >= 11 is 6.54. The molecule has 0 radical (unpaired) electrons. The SMILES string of the molecule is CCOc1cc(CNc2ccc3c(c2)OCO3)c(Cl)cc1OCc1ccc(C)cc1. The number of anilines is 1. The molecule has 0 atom stereocenters. The van der Waals surface area contributed by atoms with Gasteiger partial charge in [-0.15, -0.1) is 0 Å². The van der Waals surface area contributed by atoms with Crippen LogP contribution in [0.1, 0.15) is 23.6 Å². The Balaban J connectivity index is 1.47. The number of benzene rings is 3. The number of fused-ring (bicyclic) bond motifs is 1. The minimum Gasteiger partial charge on any atom is -0.490 e. The van der Waals surface area contributed by atoms with E-state index in [-0.39, 0.29) is 6.79 Å². The van der Waals surface area contributed by atoms with Gasteiger partial charge in [-0.2, -0.15) is 0 Å². The highest BCUT2D eigenvalue weighted by Crippen LogP contribution is 2.36. The fraction of sp³-hybridized carbons (Fsp3) is 0.250. The maximum atomic E-state index is 6.54. The Bertz CT molecular complexity index is 1020. The Labute approximate surface area is 181 Å². The van der Waals surface area contributed by atoms with Crippen LogP contribution >= 0.6 is 11.6 Å². The molecule has 1 aliphatic rings. The summed E-state index contributed by atoms with van der Waals surface area (Å²) in [5.41, 5.74) is 4.15. The van der Waals surface area contributed by atoms with Gasteiger partial charge in [-0.25, -0.2) is 0 Å². The van der Waals surface area contributed by atoms with E-state index in [0.29, 0.717) is 36.3 Å². The molecular formula is C24H24ClNO4. The van der Waals surface area contributed by atoms with Gasteiger partial charge in [0.2, 0.25) is 6.79 Å². The van der Waals surface area contributed by atoms with Crippen molar-refractivity contribution in [2.75, 3.05) is 18.7 Å². The van der Waals surface area contributed by atoms with Crippen LogP contribution in [0.25, 0.3) is 0 Å². The minimum atomic E-state index is 0.256. The number of ether oxygens (including phenoxy) is 4. The molecule has 0 fully saturated rings. The predicted molar refractivity (Wildman–Crippen MR) is 118 cm³/mol. The molecule has 0 saturated heterocycles. The molecule has 156 valence electrons. The zero-order valence-corrected chi connectivity index (χ0v) is 17.8. The third-order valence-corrected chi connectivity index (χ3v) is 5.13. The van der Waals surface area contributed by atoms with Crippen LogP contribution in [-0.4, -0.2) is 13.4 Å². The quantitative estimate of drug-likeness (QED) is 0.482. The number of nitrogens with one attached hydrogen (secondary N) is 1. The first-order valence-corrected chi connectivity index (χ1v) is 10.3. The van der Waals surface area contributed by atoms with Crippen molar-refractivity contribution in [3.05, 3.63) is 76.3 Å². The van der Waals surface area contributed by atoms with Gasteiger partial charge in [0.25, 0.3) is 0 Å².